The molecule has 0 aromatic carbocycles. The first-order valence-electron chi connectivity index (χ1n) is 11.8. The van der Waals surface area contributed by atoms with Gasteiger partial charge in [0.15, 0.2) is 0 Å². The maximum Gasteiger partial charge on any atom is 0.317 e. The zero-order chi connectivity index (χ0) is 22.5. The van der Waals surface area contributed by atoms with E-state index in [1.54, 1.807) is 0 Å². The van der Waals surface area contributed by atoms with Crippen LogP contribution in [0.5, 0.6) is 0 Å². The molecule has 1 aromatic heterocycles. The third-order valence-electron chi connectivity index (χ3n) is 6.43. The molecule has 7 nitrogen and oxygen atoms in total. The molecule has 1 saturated heterocycles. The Morgan fingerprint density at radius 1 is 1.26 bits per heavy atom. The van der Waals surface area contributed by atoms with E-state index in [2.05, 4.69) is 44.0 Å². The molecule has 3 rings (SSSR count). The number of hydrogen-bond donors (Lipinski definition) is 2. The molecule has 0 radical (unpaired) electrons. The molecule has 1 unspecified atom stereocenters. The fraction of sp³-hybridized carbons (Fsp3) is 0.708. The molecular weight excluding hydrogens is 390 g/mol. The summed E-state index contributed by atoms with van der Waals surface area (Å²) in [5, 5.41) is 23.2. The van der Waals surface area contributed by atoms with E-state index in [1.165, 1.54) is 0 Å². The highest BCUT2D eigenvalue weighted by Gasteiger charge is 2.36. The van der Waals surface area contributed by atoms with Gasteiger partial charge in [-0.2, -0.15) is 5.26 Å². The number of hydrogen-bond acceptors (Lipinski definition) is 5. The molecule has 2 heterocycles. The lowest BCUT2D eigenvalue weighted by Crippen LogP contribution is -2.59. The van der Waals surface area contributed by atoms with Crippen LogP contribution in [0.25, 0.3) is 0 Å². The van der Waals surface area contributed by atoms with Crippen molar-refractivity contribution in [1.82, 2.24) is 15.2 Å². The summed E-state index contributed by atoms with van der Waals surface area (Å²) in [5.41, 5.74) is 3.40. The van der Waals surface area contributed by atoms with Gasteiger partial charge < -0.3 is 20.2 Å². The predicted molar refractivity (Wildman–Crippen MR) is 122 cm³/mol. The van der Waals surface area contributed by atoms with Crippen molar-refractivity contribution in [2.45, 2.75) is 78.4 Å². The topological polar surface area (TPSA) is 92.5 Å². The van der Waals surface area contributed by atoms with E-state index in [4.69, 9.17) is 4.98 Å². The number of carbonyl (C=O) groups excluding carboxylic acids is 1. The summed E-state index contributed by atoms with van der Waals surface area (Å²) < 4.78 is 0. The lowest BCUT2D eigenvalue weighted by atomic mass is 9.94. The van der Waals surface area contributed by atoms with Crippen LogP contribution in [0.1, 0.15) is 81.7 Å². The highest BCUT2D eigenvalue weighted by atomic mass is 16.3. The standard InChI is InChI=1S/C24H37N5O2/c1-5-7-18-19(13-25)23(27-22(17-8-9-17)20(18)15-30)28-11-12-29(21(14-28)16(3)4)24(31)26-10-6-2/h16-17,21,30H,5-12,14-15H2,1-4H3,(H,26,31). The van der Waals surface area contributed by atoms with Gasteiger partial charge in [0.1, 0.15) is 11.9 Å². The number of piperazine rings is 1. The maximum atomic E-state index is 12.7. The monoisotopic (exact) mass is 427 g/mol. The highest BCUT2D eigenvalue weighted by Crippen LogP contribution is 2.43. The molecule has 2 amide bonds. The van der Waals surface area contributed by atoms with Gasteiger partial charge in [-0.1, -0.05) is 34.1 Å². The Hall–Kier alpha value is -2.33. The molecule has 0 spiro atoms. The van der Waals surface area contributed by atoms with E-state index < -0.39 is 0 Å². The van der Waals surface area contributed by atoms with Crippen molar-refractivity contribution in [2.75, 3.05) is 31.1 Å². The summed E-state index contributed by atoms with van der Waals surface area (Å²) in [4.78, 5) is 21.8. The van der Waals surface area contributed by atoms with E-state index in [9.17, 15) is 15.2 Å². The predicted octanol–water partition coefficient (Wildman–Crippen LogP) is 3.54. The quantitative estimate of drug-likeness (QED) is 0.662. The molecular formula is C24H37N5O2. The molecule has 2 fully saturated rings. The number of anilines is 1. The second-order valence-electron chi connectivity index (χ2n) is 9.13. The Labute approximate surface area is 186 Å². The number of urea groups is 1. The van der Waals surface area contributed by atoms with Crippen LogP contribution in [0.3, 0.4) is 0 Å². The SMILES string of the molecule is CCCNC(=O)N1CCN(c2nc(C3CC3)c(CO)c(CCC)c2C#N)CC1C(C)C. The van der Waals surface area contributed by atoms with Crippen molar-refractivity contribution < 1.29 is 9.90 Å². The number of carbonyl (C=O) groups is 1. The normalized spacial score (nSPS) is 18.9. The van der Waals surface area contributed by atoms with E-state index in [0.717, 1.165) is 54.7 Å². The number of aliphatic hydroxyl groups excluding tert-OH is 1. The summed E-state index contributed by atoms with van der Waals surface area (Å²) >= 11 is 0. The minimum absolute atomic E-state index is 0.00497. The third-order valence-corrected chi connectivity index (χ3v) is 6.43. The minimum atomic E-state index is -0.0663. The average Bonchev–Trinajstić information content (AvgIpc) is 3.61. The first-order valence-corrected chi connectivity index (χ1v) is 11.8. The van der Waals surface area contributed by atoms with Crippen LogP contribution < -0.4 is 10.2 Å². The van der Waals surface area contributed by atoms with Gasteiger partial charge in [0, 0.05) is 37.7 Å². The van der Waals surface area contributed by atoms with Gasteiger partial charge >= 0.3 is 6.03 Å². The van der Waals surface area contributed by atoms with E-state index in [1.807, 2.05) is 4.90 Å². The Morgan fingerprint density at radius 2 is 2.00 bits per heavy atom. The van der Waals surface area contributed by atoms with Crippen LogP contribution in [0.15, 0.2) is 0 Å². The molecule has 170 valence electrons. The van der Waals surface area contributed by atoms with Crippen molar-refractivity contribution in [2.24, 2.45) is 5.92 Å². The summed E-state index contributed by atoms with van der Waals surface area (Å²) in [6.07, 6.45) is 4.78. The highest BCUT2D eigenvalue weighted by molar-refractivity contribution is 5.75. The Bertz CT molecular complexity index is 828. The minimum Gasteiger partial charge on any atom is -0.392 e. The van der Waals surface area contributed by atoms with Crippen LogP contribution in [0, 0.1) is 17.2 Å². The van der Waals surface area contributed by atoms with Crippen LogP contribution in [-0.4, -0.2) is 53.2 Å². The first-order chi connectivity index (χ1) is 15.0. The van der Waals surface area contributed by atoms with E-state index in [0.29, 0.717) is 37.7 Å². The van der Waals surface area contributed by atoms with Crippen LogP contribution in [-0.2, 0) is 13.0 Å². The molecule has 1 aromatic rings. The number of nitrogens with zero attached hydrogens (tertiary/aromatic N) is 4. The lowest BCUT2D eigenvalue weighted by molar-refractivity contribution is 0.145. The molecule has 0 bridgehead atoms. The van der Waals surface area contributed by atoms with Gasteiger partial charge in [-0.25, -0.2) is 9.78 Å². The van der Waals surface area contributed by atoms with Crippen molar-refractivity contribution in [1.29, 1.82) is 5.26 Å². The summed E-state index contributed by atoms with van der Waals surface area (Å²) in [5.74, 6) is 1.42. The van der Waals surface area contributed by atoms with Crippen LogP contribution in [0.2, 0.25) is 0 Å². The maximum absolute atomic E-state index is 12.7. The number of aromatic nitrogens is 1. The number of nitrogens with one attached hydrogen (secondary N) is 1. The molecule has 1 aliphatic carbocycles. The number of aliphatic hydroxyl groups is 1. The molecule has 1 saturated carbocycles. The van der Waals surface area contributed by atoms with Gasteiger partial charge in [0.25, 0.3) is 0 Å². The molecule has 31 heavy (non-hydrogen) atoms. The smallest absolute Gasteiger partial charge is 0.317 e. The van der Waals surface area contributed by atoms with Crippen molar-refractivity contribution in [3.63, 3.8) is 0 Å². The number of rotatable bonds is 8. The van der Waals surface area contributed by atoms with Crippen LogP contribution in [0.4, 0.5) is 10.6 Å². The third kappa shape index (κ3) is 4.95. The van der Waals surface area contributed by atoms with Crippen molar-refractivity contribution >= 4 is 11.8 Å². The van der Waals surface area contributed by atoms with Crippen molar-refractivity contribution in [3.8, 4) is 6.07 Å². The van der Waals surface area contributed by atoms with Gasteiger partial charge in [0.05, 0.1) is 23.9 Å². The molecule has 7 heteroatoms. The van der Waals surface area contributed by atoms with E-state index >= 15 is 0 Å². The zero-order valence-corrected chi connectivity index (χ0v) is 19.4. The number of amides is 2. The second-order valence-corrected chi connectivity index (χ2v) is 9.13. The molecule has 2 N–H and O–H groups in total. The largest absolute Gasteiger partial charge is 0.392 e. The summed E-state index contributed by atoms with van der Waals surface area (Å²) in [7, 11) is 0. The van der Waals surface area contributed by atoms with Gasteiger partial charge in [-0.05, 0) is 37.2 Å². The van der Waals surface area contributed by atoms with E-state index in [-0.39, 0.29) is 24.6 Å². The van der Waals surface area contributed by atoms with Gasteiger partial charge in [-0.15, -0.1) is 0 Å². The Balaban J connectivity index is 1.97. The summed E-state index contributed by atoms with van der Waals surface area (Å²) in [6.45, 7) is 11.0. The average molecular weight is 428 g/mol. The lowest BCUT2D eigenvalue weighted by Gasteiger charge is -2.44. The molecule has 2 aliphatic rings. The molecule has 1 aliphatic heterocycles. The van der Waals surface area contributed by atoms with Gasteiger partial charge in [0.2, 0.25) is 0 Å². The van der Waals surface area contributed by atoms with Gasteiger partial charge in [-0.3, -0.25) is 0 Å². The Kier molecular flexibility index (Phi) is 7.77. The fourth-order valence-electron chi connectivity index (χ4n) is 4.58. The van der Waals surface area contributed by atoms with Crippen molar-refractivity contribution in [3.05, 3.63) is 22.4 Å². The van der Waals surface area contributed by atoms with Crippen LogP contribution >= 0.6 is 0 Å². The number of nitriles is 1. The summed E-state index contributed by atoms with van der Waals surface area (Å²) in [6, 6.07) is 2.45. The second kappa shape index (κ2) is 10.3. The fourth-order valence-corrected chi connectivity index (χ4v) is 4.58. The zero-order valence-electron chi connectivity index (χ0n) is 19.4. The molecule has 1 atom stereocenters. The Morgan fingerprint density at radius 3 is 2.55 bits per heavy atom. The number of pyridine rings is 1. The first kappa shape index (κ1) is 23.3.